The lowest BCUT2D eigenvalue weighted by atomic mass is 10.4. The number of imidazole rings is 1. The maximum Gasteiger partial charge on any atom is 0.340 e. The SMILES string of the molecule is Nc1ccncc1[N+](=O)[O-].Nc1cnccc1NS(=O)(=O)C1CC1.O=S(=O)(Cl)C1CC1.O=[N+]([O-])c1cnccc1NS(=O)(=O)C1CC1.O=c1[nH]c2cnccc2n1S(=O)(=O)C1CC1.[2H]CI. The predicted octanol–water partition coefficient (Wildman–Crippen LogP) is 3.87. The van der Waals surface area contributed by atoms with E-state index in [0.717, 1.165) is 42.0 Å². The molecule has 5 aromatic heterocycles. The number of pyridine rings is 4. The summed E-state index contributed by atoms with van der Waals surface area (Å²) in [5.74, 6) is 0. The Morgan fingerprint density at radius 2 is 1.12 bits per heavy atom. The number of nitro groups is 2. The first-order valence-corrected chi connectivity index (χ1v) is 27.2. The summed E-state index contributed by atoms with van der Waals surface area (Å²) in [6.45, 7) is 0. The lowest BCUT2D eigenvalue weighted by Crippen LogP contribution is -2.27. The first kappa shape index (κ1) is 50.7. The average Bonchev–Trinajstić information content (AvgIpc) is 4.05. The molecule has 0 bridgehead atoms. The number of hydrogen-bond acceptors (Lipinski definition) is 19. The van der Waals surface area contributed by atoms with Crippen molar-refractivity contribution in [3.8, 4) is 0 Å². The van der Waals surface area contributed by atoms with Gasteiger partial charge in [-0.2, -0.15) is 3.97 Å². The van der Waals surface area contributed by atoms with Gasteiger partial charge in [-0.3, -0.25) is 49.6 Å². The largest absolute Gasteiger partial charge is 0.396 e. The number of alkyl halides is 1. The lowest BCUT2D eigenvalue weighted by Gasteiger charge is -2.08. The van der Waals surface area contributed by atoms with E-state index in [4.69, 9.17) is 23.5 Å². The van der Waals surface area contributed by atoms with Crippen LogP contribution in [0.3, 0.4) is 0 Å². The molecule has 0 unspecified atom stereocenters. The van der Waals surface area contributed by atoms with E-state index in [2.05, 4.69) is 34.4 Å². The molecule has 5 aromatic rings. The third-order valence-electron chi connectivity index (χ3n) is 8.87. The molecule has 4 saturated carbocycles. The zero-order valence-corrected chi connectivity index (χ0v) is 39.8. The fourth-order valence-corrected chi connectivity index (χ4v) is 10.7. The Hall–Kier alpha value is -5.31. The van der Waals surface area contributed by atoms with Crippen LogP contribution in [0.15, 0.2) is 78.6 Å². The minimum atomic E-state index is -3.53. The van der Waals surface area contributed by atoms with Crippen LogP contribution < -0.4 is 26.6 Å². The van der Waals surface area contributed by atoms with Crippen molar-refractivity contribution in [2.24, 2.45) is 0 Å². The number of fused-ring (bicyclic) bond motifs is 1. The van der Waals surface area contributed by atoms with Gasteiger partial charge in [-0.1, -0.05) is 22.6 Å². The quantitative estimate of drug-likeness (QED) is 0.0412. The molecule has 0 spiro atoms. The number of halogens is 2. The van der Waals surface area contributed by atoms with Crippen LogP contribution in [0, 0.1) is 20.2 Å². The highest BCUT2D eigenvalue weighted by molar-refractivity contribution is 14.1. The lowest BCUT2D eigenvalue weighted by molar-refractivity contribution is -0.384. The fourth-order valence-electron chi connectivity index (χ4n) is 4.95. The third-order valence-corrected chi connectivity index (χ3v) is 16.8. The fraction of sp³-hybridized carbons (Fsp3) is 0.382. The zero-order chi connectivity index (χ0) is 49.0. The molecule has 7 N–H and O–H groups in total. The molecule has 25 nitrogen and oxygen atoms in total. The van der Waals surface area contributed by atoms with Crippen LogP contribution in [0.5, 0.6) is 0 Å². The van der Waals surface area contributed by atoms with E-state index >= 15 is 0 Å². The number of nitrogens with one attached hydrogen (secondary N) is 3. The molecule has 0 atom stereocenters. The number of aromatic nitrogens is 6. The van der Waals surface area contributed by atoms with Crippen LogP contribution in [0.4, 0.5) is 34.1 Å². The third kappa shape index (κ3) is 15.4. The van der Waals surface area contributed by atoms with Gasteiger partial charge in [0.2, 0.25) is 39.1 Å². The summed E-state index contributed by atoms with van der Waals surface area (Å²) >= 11 is 1.96. The van der Waals surface area contributed by atoms with Gasteiger partial charge in [-0.05, 0) is 80.5 Å². The second kappa shape index (κ2) is 22.3. The monoisotopic (exact) mass is 1120 g/mol. The number of H-pyrrole nitrogens is 1. The molecule has 0 aromatic carbocycles. The number of rotatable bonds is 11. The molecule has 31 heteroatoms. The number of anilines is 4. The smallest absolute Gasteiger partial charge is 0.340 e. The minimum absolute atomic E-state index is 0.0353. The molecular weight excluding hydrogens is 1080 g/mol. The molecule has 65 heavy (non-hydrogen) atoms. The van der Waals surface area contributed by atoms with E-state index in [-0.39, 0.29) is 33.2 Å². The second-order valence-corrected chi connectivity index (χ2v) is 22.9. The van der Waals surface area contributed by atoms with Gasteiger partial charge in [0, 0.05) is 36.8 Å². The topological polar surface area (TPSA) is 388 Å². The van der Waals surface area contributed by atoms with E-state index < -0.39 is 65.2 Å². The van der Waals surface area contributed by atoms with Crippen LogP contribution in [0.1, 0.15) is 52.7 Å². The molecule has 4 aliphatic carbocycles. The van der Waals surface area contributed by atoms with E-state index in [0.29, 0.717) is 53.0 Å². The average molecular weight is 1120 g/mol. The van der Waals surface area contributed by atoms with Crippen LogP contribution in [0.2, 0.25) is 0 Å². The van der Waals surface area contributed by atoms with Crippen LogP contribution in [-0.2, 0) is 39.1 Å². The van der Waals surface area contributed by atoms with Crippen molar-refractivity contribution in [3.05, 3.63) is 105 Å². The number of nitrogens with two attached hydrogens (primary N) is 2. The highest BCUT2D eigenvalue weighted by Gasteiger charge is 2.39. The molecule has 354 valence electrons. The van der Waals surface area contributed by atoms with Crippen molar-refractivity contribution in [1.82, 2.24) is 28.9 Å². The highest BCUT2D eigenvalue weighted by atomic mass is 127. The Bertz CT molecular complexity index is 3030. The van der Waals surface area contributed by atoms with Gasteiger partial charge < -0.3 is 16.5 Å². The molecule has 5 heterocycles. The molecule has 0 aliphatic heterocycles. The Kier molecular flexibility index (Phi) is 17.4. The summed E-state index contributed by atoms with van der Waals surface area (Å²) in [6, 6.07) is 5.73. The van der Waals surface area contributed by atoms with Crippen molar-refractivity contribution in [2.75, 3.05) is 25.8 Å². The van der Waals surface area contributed by atoms with Crippen molar-refractivity contribution in [1.29, 1.82) is 0 Å². The van der Waals surface area contributed by atoms with E-state index in [1.54, 1.807) is 6.07 Å². The number of sulfonamides is 2. The van der Waals surface area contributed by atoms with Gasteiger partial charge in [0.15, 0.2) is 0 Å². The van der Waals surface area contributed by atoms with Gasteiger partial charge >= 0.3 is 17.1 Å². The van der Waals surface area contributed by atoms with Gasteiger partial charge in [0.05, 0.1) is 65.6 Å². The van der Waals surface area contributed by atoms with E-state index in [1.165, 1.54) is 55.4 Å². The summed E-state index contributed by atoms with van der Waals surface area (Å²) in [5, 5.41) is 19.5. The summed E-state index contributed by atoms with van der Waals surface area (Å²) in [7, 11) is -8.49. The van der Waals surface area contributed by atoms with Crippen molar-refractivity contribution in [3.63, 3.8) is 0 Å². The maximum atomic E-state index is 12.0. The normalized spacial score (nSPS) is 15.7. The number of aromatic amines is 1. The molecule has 4 aliphatic rings. The predicted molar refractivity (Wildman–Crippen MR) is 251 cm³/mol. The van der Waals surface area contributed by atoms with Gasteiger partial charge in [0.25, 0.3) is 0 Å². The summed E-state index contributed by atoms with van der Waals surface area (Å²) < 4.78 is 102. The molecule has 0 amide bonds. The zero-order valence-electron chi connectivity index (χ0n) is 34.6. The van der Waals surface area contributed by atoms with E-state index in [1.807, 2.05) is 22.6 Å². The Labute approximate surface area is 391 Å². The first-order valence-electron chi connectivity index (χ1n) is 19.4. The van der Waals surface area contributed by atoms with Gasteiger partial charge in [0.1, 0.15) is 23.8 Å². The van der Waals surface area contributed by atoms with Crippen molar-refractivity contribution in [2.45, 2.75) is 72.4 Å². The van der Waals surface area contributed by atoms with Crippen LogP contribution >= 0.6 is 33.3 Å². The van der Waals surface area contributed by atoms with Crippen molar-refractivity contribution >= 4 is 118 Å². The molecule has 9 rings (SSSR count). The molecular formula is C34H42ClIN12O13S4. The van der Waals surface area contributed by atoms with Gasteiger partial charge in [-0.15, -0.1) is 0 Å². The summed E-state index contributed by atoms with van der Waals surface area (Å²) in [4.78, 5) is 48.8. The summed E-state index contributed by atoms with van der Waals surface area (Å²) in [5.41, 5.74) is 11.4. The Balaban J connectivity index is 0.000000182. The number of nitrogens with zero attached hydrogens (tertiary/aromatic N) is 7. The second-order valence-electron chi connectivity index (χ2n) is 14.0. The Morgan fingerprint density at radius 1 is 0.692 bits per heavy atom. The van der Waals surface area contributed by atoms with Crippen molar-refractivity contribution < 1.29 is 44.9 Å². The van der Waals surface area contributed by atoms with Crippen LogP contribution in [-0.4, -0.2) is 98.3 Å². The standard InChI is InChI=1S/C9H9N3O3S.C8H9N3O4S.C8H11N3O2S.C5H5N3O2.C3H5ClO2S.CH3I/c13-9-11-7-5-10-4-3-8(7)12(9)16(14,15)6-1-2-6;12-11(13)8-5-9-4-3-7(8)10-16(14,15)6-1-2-6;9-7-5-10-4-3-8(7)11-14(12,13)6-1-2-6;6-4-1-2-7-3-5(4)8(9)10;4-7(5,6)3-1-2-3;1-2/h3-6H,1-2H2,(H,11,13);3-6H,1-2H2,(H,9,10);3-6H,1-2,9H2,(H,10,11);1-3H,(H2,6,7);3H,1-2H2;1H3/i;;;;;1D. The minimum Gasteiger partial charge on any atom is -0.396 e. The Morgan fingerprint density at radius 3 is 1.55 bits per heavy atom. The maximum absolute atomic E-state index is 12.0. The number of hydrogen-bond donors (Lipinski definition) is 5. The molecule has 4 fully saturated rings. The number of nitrogen functional groups attached to an aromatic ring is 2. The molecule has 0 radical (unpaired) electrons. The van der Waals surface area contributed by atoms with E-state index in [9.17, 15) is 58.7 Å². The van der Waals surface area contributed by atoms with Gasteiger partial charge in [-0.25, -0.2) is 38.5 Å². The molecule has 0 saturated heterocycles. The van der Waals surface area contributed by atoms with Crippen LogP contribution in [0.25, 0.3) is 11.0 Å². The first-order chi connectivity index (χ1) is 30.9. The highest BCUT2D eigenvalue weighted by Crippen LogP contribution is 2.33. The summed E-state index contributed by atoms with van der Waals surface area (Å²) in [6.07, 6.45) is 16.1.